The summed E-state index contributed by atoms with van der Waals surface area (Å²) >= 11 is 4.84. The third-order valence-corrected chi connectivity index (χ3v) is 8.30. The lowest BCUT2D eigenvalue weighted by Crippen LogP contribution is -2.39. The van der Waals surface area contributed by atoms with E-state index in [1.807, 2.05) is 24.0 Å². The second-order valence-electron chi connectivity index (χ2n) is 6.63. The summed E-state index contributed by atoms with van der Waals surface area (Å²) in [4.78, 5) is 18.7. The van der Waals surface area contributed by atoms with Crippen LogP contribution >= 0.6 is 34.0 Å². The zero-order chi connectivity index (χ0) is 18.5. The summed E-state index contributed by atoms with van der Waals surface area (Å²) in [7, 11) is 0. The lowest BCUT2D eigenvalue weighted by molar-refractivity contribution is 0.0703. The third-order valence-electron chi connectivity index (χ3n) is 5.14. The van der Waals surface area contributed by atoms with Gasteiger partial charge in [0.05, 0.1) is 10.9 Å². The van der Waals surface area contributed by atoms with Crippen molar-refractivity contribution in [1.82, 2.24) is 4.90 Å². The first-order valence-electron chi connectivity index (χ1n) is 8.73. The average molecular weight is 414 g/mol. The Morgan fingerprint density at radius 2 is 2.04 bits per heavy atom. The molecule has 136 valence electrons. The Bertz CT molecular complexity index is 1140. The molecule has 4 aromatic rings. The number of rotatable bonds is 2. The van der Waals surface area contributed by atoms with Gasteiger partial charge in [-0.2, -0.15) is 0 Å². The SMILES string of the molecule is Cc1c(C(=O)N2CCc3sccc3[C@@H]2c2cccs2)sc2cccc(F)c12. The molecule has 1 aromatic carbocycles. The van der Waals surface area contributed by atoms with Crippen molar-refractivity contribution in [1.29, 1.82) is 0 Å². The molecule has 0 unspecified atom stereocenters. The van der Waals surface area contributed by atoms with Gasteiger partial charge >= 0.3 is 0 Å². The van der Waals surface area contributed by atoms with Crippen LogP contribution in [0.4, 0.5) is 4.39 Å². The van der Waals surface area contributed by atoms with E-state index < -0.39 is 0 Å². The van der Waals surface area contributed by atoms with Gasteiger partial charge in [-0.3, -0.25) is 4.79 Å². The summed E-state index contributed by atoms with van der Waals surface area (Å²) in [5, 5.41) is 4.74. The minimum atomic E-state index is -0.256. The molecule has 1 atom stereocenters. The molecular formula is C21H16FNOS3. The summed E-state index contributed by atoms with van der Waals surface area (Å²) in [6.45, 7) is 2.54. The smallest absolute Gasteiger partial charge is 0.265 e. The molecule has 0 N–H and O–H groups in total. The Kier molecular flexibility index (Phi) is 4.15. The Balaban J connectivity index is 1.62. The first-order valence-corrected chi connectivity index (χ1v) is 11.3. The lowest BCUT2D eigenvalue weighted by Gasteiger charge is -2.35. The van der Waals surface area contributed by atoms with Crippen LogP contribution in [-0.2, 0) is 6.42 Å². The van der Waals surface area contributed by atoms with Crippen LogP contribution < -0.4 is 0 Å². The van der Waals surface area contributed by atoms with Crippen LogP contribution in [0.5, 0.6) is 0 Å². The monoisotopic (exact) mass is 413 g/mol. The zero-order valence-corrected chi connectivity index (χ0v) is 17.0. The Morgan fingerprint density at radius 3 is 2.81 bits per heavy atom. The first-order chi connectivity index (χ1) is 13.1. The van der Waals surface area contributed by atoms with Crippen LogP contribution in [0.25, 0.3) is 10.1 Å². The van der Waals surface area contributed by atoms with Crippen molar-refractivity contribution in [2.24, 2.45) is 0 Å². The molecule has 0 bridgehead atoms. The Hall–Kier alpha value is -2.02. The third kappa shape index (κ3) is 2.66. The number of nitrogens with zero attached hydrogens (tertiary/aromatic N) is 1. The quantitative estimate of drug-likeness (QED) is 0.380. The van der Waals surface area contributed by atoms with Gasteiger partial charge in [0.1, 0.15) is 5.82 Å². The molecule has 0 radical (unpaired) electrons. The second-order valence-corrected chi connectivity index (χ2v) is 9.67. The number of amides is 1. The molecule has 0 aliphatic carbocycles. The molecule has 5 rings (SSSR count). The minimum Gasteiger partial charge on any atom is -0.326 e. The van der Waals surface area contributed by atoms with Crippen LogP contribution in [0.1, 0.15) is 36.6 Å². The van der Waals surface area contributed by atoms with Crippen LogP contribution in [0.15, 0.2) is 47.2 Å². The molecule has 3 aromatic heterocycles. The summed E-state index contributed by atoms with van der Waals surface area (Å²) < 4.78 is 15.1. The molecule has 6 heteroatoms. The first kappa shape index (κ1) is 17.1. The van der Waals surface area contributed by atoms with Crippen molar-refractivity contribution in [2.75, 3.05) is 6.54 Å². The van der Waals surface area contributed by atoms with Gasteiger partial charge in [-0.25, -0.2) is 4.39 Å². The van der Waals surface area contributed by atoms with Crippen LogP contribution in [-0.4, -0.2) is 17.4 Å². The predicted octanol–water partition coefficient (Wildman–Crippen LogP) is 6.26. The van der Waals surface area contributed by atoms with Crippen molar-refractivity contribution < 1.29 is 9.18 Å². The zero-order valence-electron chi connectivity index (χ0n) is 14.6. The minimum absolute atomic E-state index is 0.00310. The fraction of sp³-hybridized carbons (Fsp3) is 0.190. The Labute approximate surface area is 168 Å². The highest BCUT2D eigenvalue weighted by Crippen LogP contribution is 2.42. The number of carbonyl (C=O) groups excluding carboxylic acids is 1. The number of thiophene rings is 3. The molecule has 27 heavy (non-hydrogen) atoms. The van der Waals surface area contributed by atoms with Gasteiger partial charge in [0.25, 0.3) is 5.91 Å². The highest BCUT2D eigenvalue weighted by molar-refractivity contribution is 7.21. The molecule has 1 aliphatic rings. The maximum absolute atomic E-state index is 14.3. The van der Waals surface area contributed by atoms with Gasteiger partial charge in [-0.05, 0) is 59.5 Å². The van der Waals surface area contributed by atoms with Crippen molar-refractivity contribution in [2.45, 2.75) is 19.4 Å². The molecular weight excluding hydrogens is 397 g/mol. The summed E-state index contributed by atoms with van der Waals surface area (Å²) in [6, 6.07) is 11.3. The van der Waals surface area contributed by atoms with Gasteiger partial charge in [0, 0.05) is 26.4 Å². The molecule has 0 spiro atoms. The molecule has 4 heterocycles. The molecule has 1 aliphatic heterocycles. The molecule has 0 fully saturated rings. The molecule has 0 saturated carbocycles. The van der Waals surface area contributed by atoms with E-state index >= 15 is 0 Å². The average Bonchev–Trinajstić information content (AvgIpc) is 3.40. The van der Waals surface area contributed by atoms with E-state index in [4.69, 9.17) is 0 Å². The summed E-state index contributed by atoms with van der Waals surface area (Å²) in [6.07, 6.45) is 0.874. The van der Waals surface area contributed by atoms with Crippen molar-refractivity contribution in [3.63, 3.8) is 0 Å². The van der Waals surface area contributed by atoms with Gasteiger partial charge < -0.3 is 4.90 Å². The van der Waals surface area contributed by atoms with Crippen LogP contribution in [0.2, 0.25) is 0 Å². The topological polar surface area (TPSA) is 20.3 Å². The number of carbonyl (C=O) groups is 1. The number of hydrogen-bond donors (Lipinski definition) is 0. The standard InChI is InChI=1S/C21H16FNOS3/c1-12-18-14(22)4-2-5-16(18)27-20(12)21(24)23-9-7-15-13(8-11-26-15)19(23)17-6-3-10-25-17/h2-6,8,10-11,19H,7,9H2,1H3/t19-/m1/s1. The van der Waals surface area contributed by atoms with Crippen LogP contribution in [0.3, 0.4) is 0 Å². The number of fused-ring (bicyclic) bond motifs is 2. The fourth-order valence-corrected chi connectivity index (χ4v) is 6.81. The van der Waals surface area contributed by atoms with Crippen molar-refractivity contribution in [3.8, 4) is 0 Å². The predicted molar refractivity (Wildman–Crippen MR) is 112 cm³/mol. The maximum atomic E-state index is 14.3. The highest BCUT2D eigenvalue weighted by Gasteiger charge is 2.35. The normalized spacial score (nSPS) is 16.7. The molecule has 0 saturated heterocycles. The van der Waals surface area contributed by atoms with Crippen molar-refractivity contribution >= 4 is 50.0 Å². The Morgan fingerprint density at radius 1 is 1.15 bits per heavy atom. The van der Waals surface area contributed by atoms with Gasteiger partial charge in [-0.15, -0.1) is 34.0 Å². The highest BCUT2D eigenvalue weighted by atomic mass is 32.1. The van der Waals surface area contributed by atoms with E-state index in [1.165, 1.54) is 32.7 Å². The number of hydrogen-bond acceptors (Lipinski definition) is 4. The van der Waals surface area contributed by atoms with E-state index in [0.29, 0.717) is 16.8 Å². The fourth-order valence-electron chi connectivity index (χ4n) is 3.88. The van der Waals surface area contributed by atoms with E-state index in [2.05, 4.69) is 22.9 Å². The summed E-state index contributed by atoms with van der Waals surface area (Å²) in [5.41, 5.74) is 1.98. The largest absolute Gasteiger partial charge is 0.326 e. The van der Waals surface area contributed by atoms with E-state index in [-0.39, 0.29) is 17.8 Å². The molecule has 1 amide bonds. The number of benzene rings is 1. The number of halogens is 1. The van der Waals surface area contributed by atoms with Gasteiger partial charge in [0.2, 0.25) is 0 Å². The van der Waals surface area contributed by atoms with Gasteiger partial charge in [0.15, 0.2) is 0 Å². The number of aryl methyl sites for hydroxylation is 1. The molecule has 2 nitrogen and oxygen atoms in total. The summed E-state index contributed by atoms with van der Waals surface area (Å²) in [5.74, 6) is -0.253. The van der Waals surface area contributed by atoms with E-state index in [0.717, 1.165) is 16.7 Å². The maximum Gasteiger partial charge on any atom is 0.265 e. The lowest BCUT2D eigenvalue weighted by atomic mass is 9.98. The van der Waals surface area contributed by atoms with E-state index in [9.17, 15) is 9.18 Å². The van der Waals surface area contributed by atoms with Crippen LogP contribution in [0, 0.1) is 12.7 Å². The second kappa shape index (κ2) is 6.55. The van der Waals surface area contributed by atoms with Crippen molar-refractivity contribution in [3.05, 3.63) is 78.7 Å². The van der Waals surface area contributed by atoms with Gasteiger partial charge in [-0.1, -0.05) is 12.1 Å². The van der Waals surface area contributed by atoms with E-state index in [1.54, 1.807) is 28.7 Å².